The molecule has 192 valence electrons. The van der Waals surface area contributed by atoms with Crippen molar-refractivity contribution in [3.8, 4) is 0 Å². The van der Waals surface area contributed by atoms with Crippen LogP contribution in [0.3, 0.4) is 0 Å². The van der Waals surface area contributed by atoms with Gasteiger partial charge in [-0.25, -0.2) is 0 Å². The second-order valence-electron chi connectivity index (χ2n) is 10.2. The predicted molar refractivity (Wildman–Crippen MR) is 140 cm³/mol. The number of hydrogen-bond acceptors (Lipinski definition) is 7. The average Bonchev–Trinajstić information content (AvgIpc) is 3.24. The Kier molecular flexibility index (Phi) is 9.77. The molecule has 2 bridgehead atoms. The molecule has 0 spiro atoms. The van der Waals surface area contributed by atoms with Crippen molar-refractivity contribution in [2.24, 2.45) is 0 Å². The van der Waals surface area contributed by atoms with Crippen molar-refractivity contribution in [2.45, 2.75) is 74.9 Å². The number of nitrogens with zero attached hydrogens (tertiary/aromatic N) is 3. The van der Waals surface area contributed by atoms with Gasteiger partial charge >= 0.3 is 0 Å². The Morgan fingerprint density at radius 1 is 1.09 bits per heavy atom. The molecule has 35 heavy (non-hydrogen) atoms. The molecular weight excluding hydrogens is 460 g/mol. The summed E-state index contributed by atoms with van der Waals surface area (Å²) in [5, 5.41) is 2.43. The number of rotatable bonds is 13. The lowest BCUT2D eigenvalue weighted by Crippen LogP contribution is -2.51. The van der Waals surface area contributed by atoms with Gasteiger partial charge in [0.05, 0.1) is 6.04 Å². The van der Waals surface area contributed by atoms with Gasteiger partial charge in [-0.2, -0.15) is 0 Å². The number of piperazine rings is 1. The molecule has 3 unspecified atom stereocenters. The largest absolute Gasteiger partial charge is 0.300 e. The Bertz CT molecular complexity index is 895. The van der Waals surface area contributed by atoms with Crippen LogP contribution in [0.5, 0.6) is 0 Å². The van der Waals surface area contributed by atoms with E-state index in [1.54, 1.807) is 0 Å². The van der Waals surface area contributed by atoms with Crippen LogP contribution in [0.2, 0.25) is 0 Å². The summed E-state index contributed by atoms with van der Waals surface area (Å²) in [4.78, 5) is 43.9. The SMILES string of the molecule is CN(Cc1c(C=O)cccc1SCCCCCCCN1CCN2CCC1C2)C1CCC(=O)NC1=O. The van der Waals surface area contributed by atoms with Gasteiger partial charge in [0, 0.05) is 49.1 Å². The fraction of sp³-hybridized carbons (Fsp3) is 0.667. The van der Waals surface area contributed by atoms with Gasteiger partial charge in [-0.1, -0.05) is 31.4 Å². The van der Waals surface area contributed by atoms with Crippen molar-refractivity contribution >= 4 is 29.9 Å². The Labute approximate surface area is 214 Å². The molecular formula is C27H40N4O3S. The van der Waals surface area contributed by atoms with E-state index in [1.165, 1.54) is 71.2 Å². The summed E-state index contributed by atoms with van der Waals surface area (Å²) in [5.41, 5.74) is 1.66. The van der Waals surface area contributed by atoms with E-state index in [-0.39, 0.29) is 17.9 Å². The lowest BCUT2D eigenvalue weighted by molar-refractivity contribution is -0.137. The van der Waals surface area contributed by atoms with Gasteiger partial charge in [0.15, 0.2) is 0 Å². The highest BCUT2D eigenvalue weighted by molar-refractivity contribution is 7.99. The zero-order valence-electron chi connectivity index (χ0n) is 21.0. The van der Waals surface area contributed by atoms with Crippen LogP contribution in [0.25, 0.3) is 0 Å². The molecule has 3 heterocycles. The van der Waals surface area contributed by atoms with Crippen molar-refractivity contribution in [1.29, 1.82) is 0 Å². The number of thioether (sulfide) groups is 1. The quantitative estimate of drug-likeness (QED) is 0.193. The Morgan fingerprint density at radius 2 is 1.91 bits per heavy atom. The van der Waals surface area contributed by atoms with Crippen molar-refractivity contribution in [1.82, 2.24) is 20.0 Å². The first-order valence-electron chi connectivity index (χ1n) is 13.3. The smallest absolute Gasteiger partial charge is 0.243 e. The summed E-state index contributed by atoms with van der Waals surface area (Å²) in [6.07, 6.45) is 9.44. The number of amides is 2. The maximum Gasteiger partial charge on any atom is 0.243 e. The third-order valence-electron chi connectivity index (χ3n) is 7.76. The van der Waals surface area contributed by atoms with Crippen LogP contribution in [0.1, 0.15) is 67.3 Å². The molecule has 2 amide bonds. The zero-order valence-corrected chi connectivity index (χ0v) is 21.9. The van der Waals surface area contributed by atoms with Crippen molar-refractivity contribution < 1.29 is 14.4 Å². The van der Waals surface area contributed by atoms with E-state index in [1.807, 2.05) is 35.8 Å². The summed E-state index contributed by atoms with van der Waals surface area (Å²) >= 11 is 1.81. The minimum absolute atomic E-state index is 0.208. The summed E-state index contributed by atoms with van der Waals surface area (Å²) in [6.45, 7) is 6.86. The number of piperidine rings is 1. The number of unbranched alkanes of at least 4 members (excludes halogenated alkanes) is 4. The summed E-state index contributed by atoms with van der Waals surface area (Å²) in [5.74, 6) is 0.578. The third-order valence-corrected chi connectivity index (χ3v) is 8.95. The number of imide groups is 1. The molecule has 8 heteroatoms. The fourth-order valence-corrected chi connectivity index (χ4v) is 6.75. The van der Waals surface area contributed by atoms with E-state index in [9.17, 15) is 14.4 Å². The highest BCUT2D eigenvalue weighted by Gasteiger charge is 2.32. The molecule has 3 aliphatic heterocycles. The lowest BCUT2D eigenvalue weighted by Gasteiger charge is -2.34. The highest BCUT2D eigenvalue weighted by atomic mass is 32.2. The topological polar surface area (TPSA) is 73.0 Å². The molecule has 1 N–H and O–H groups in total. The van der Waals surface area contributed by atoms with E-state index in [0.717, 1.165) is 28.5 Å². The normalized spacial score (nSPS) is 24.7. The van der Waals surface area contributed by atoms with E-state index >= 15 is 0 Å². The van der Waals surface area contributed by atoms with E-state index < -0.39 is 0 Å². The molecule has 3 fully saturated rings. The number of likely N-dealkylation sites (N-methyl/N-ethyl adjacent to an activating group) is 1. The van der Waals surface area contributed by atoms with E-state index in [0.29, 0.717) is 24.9 Å². The summed E-state index contributed by atoms with van der Waals surface area (Å²) in [6, 6.07) is 6.32. The van der Waals surface area contributed by atoms with Crippen LogP contribution in [0.4, 0.5) is 0 Å². The first-order chi connectivity index (χ1) is 17.0. The van der Waals surface area contributed by atoms with Crippen LogP contribution < -0.4 is 5.32 Å². The fourth-order valence-electron chi connectivity index (χ4n) is 5.65. The molecule has 1 aromatic rings. The van der Waals surface area contributed by atoms with Gasteiger partial charge in [0.2, 0.25) is 11.8 Å². The second kappa shape index (κ2) is 13.0. The molecule has 7 nitrogen and oxygen atoms in total. The molecule has 4 rings (SSSR count). The number of aldehydes is 1. The molecule has 0 radical (unpaired) electrons. The minimum atomic E-state index is -0.345. The van der Waals surface area contributed by atoms with Crippen LogP contribution in [-0.2, 0) is 16.1 Å². The second-order valence-corrected chi connectivity index (χ2v) is 11.4. The molecule has 0 saturated carbocycles. The third kappa shape index (κ3) is 7.15. The van der Waals surface area contributed by atoms with Gasteiger partial charge in [-0.05, 0) is 63.2 Å². The molecule has 1 aromatic carbocycles. The Hall–Kier alpha value is -1.74. The monoisotopic (exact) mass is 500 g/mol. The number of benzene rings is 1. The number of carbonyl (C=O) groups is 3. The highest BCUT2D eigenvalue weighted by Crippen LogP contribution is 2.28. The molecule has 0 aromatic heterocycles. The van der Waals surface area contributed by atoms with E-state index in [2.05, 4.69) is 21.2 Å². The number of nitrogens with one attached hydrogen (secondary N) is 1. The first-order valence-corrected chi connectivity index (χ1v) is 14.2. The standard InChI is InChI=1S/C27H40N4O3S/c1-29(24-10-11-26(33)28-27(24)34)19-23-21(20-32)8-7-9-25(23)35-17-6-4-2-3-5-13-31-16-15-30-14-12-22(31)18-30/h7-9,20,22,24H,2-6,10-19H2,1H3,(H,28,33,34). The van der Waals surface area contributed by atoms with Crippen LogP contribution in [-0.4, -0.2) is 90.4 Å². The van der Waals surface area contributed by atoms with Gasteiger partial charge < -0.3 is 4.90 Å². The molecule has 0 aliphatic carbocycles. The molecule has 3 aliphatic rings. The average molecular weight is 501 g/mol. The first kappa shape index (κ1) is 26.3. The minimum Gasteiger partial charge on any atom is -0.300 e. The zero-order chi connectivity index (χ0) is 24.6. The lowest BCUT2D eigenvalue weighted by atomic mass is 10.0. The molecule has 3 saturated heterocycles. The molecule has 3 atom stereocenters. The van der Waals surface area contributed by atoms with E-state index in [4.69, 9.17) is 0 Å². The number of hydrogen-bond donors (Lipinski definition) is 1. The van der Waals surface area contributed by atoms with Gasteiger partial charge in [-0.3, -0.25) is 29.5 Å². The summed E-state index contributed by atoms with van der Waals surface area (Å²) in [7, 11) is 1.89. The maximum absolute atomic E-state index is 12.3. The van der Waals surface area contributed by atoms with Gasteiger partial charge in [0.25, 0.3) is 0 Å². The number of carbonyl (C=O) groups excluding carboxylic acids is 3. The Morgan fingerprint density at radius 3 is 2.74 bits per heavy atom. The van der Waals surface area contributed by atoms with Crippen molar-refractivity contribution in [3.05, 3.63) is 29.3 Å². The Balaban J connectivity index is 1.18. The van der Waals surface area contributed by atoms with Crippen molar-refractivity contribution in [3.63, 3.8) is 0 Å². The van der Waals surface area contributed by atoms with Crippen LogP contribution >= 0.6 is 11.8 Å². The van der Waals surface area contributed by atoms with Crippen LogP contribution in [0, 0.1) is 0 Å². The van der Waals surface area contributed by atoms with Crippen molar-refractivity contribution in [2.75, 3.05) is 45.5 Å². The summed E-state index contributed by atoms with van der Waals surface area (Å²) < 4.78 is 0. The maximum atomic E-state index is 12.3. The van der Waals surface area contributed by atoms with Crippen LogP contribution in [0.15, 0.2) is 23.1 Å². The predicted octanol–water partition coefficient (Wildman–Crippen LogP) is 3.17. The number of fused-ring (bicyclic) bond motifs is 2. The van der Waals surface area contributed by atoms with Gasteiger partial charge in [-0.15, -0.1) is 11.8 Å². The van der Waals surface area contributed by atoms with Gasteiger partial charge in [0.1, 0.15) is 6.29 Å².